The van der Waals surface area contributed by atoms with E-state index in [4.69, 9.17) is 0 Å². The first-order valence-electron chi connectivity index (χ1n) is 9.35. The first-order valence-corrected chi connectivity index (χ1v) is 10.3. The van der Waals surface area contributed by atoms with Crippen LogP contribution in [0.1, 0.15) is 26.3 Å². The van der Waals surface area contributed by atoms with Gasteiger partial charge in [0.05, 0.1) is 12.4 Å². The van der Waals surface area contributed by atoms with Crippen LogP contribution in [0.3, 0.4) is 0 Å². The Morgan fingerprint density at radius 2 is 1.90 bits per heavy atom. The standard InChI is InChI=1S/C19H25N5O4S/c1-4-13-7-9-14(10-8-13)17-21-18(23-22-17)29-12-16(26)24(5-2)11-15(25)20-19(27)28-6-3/h7-10H,4-6,11-12H2,1-3H3,(H,20,25,27)(H,21,22,23). The molecule has 1 aromatic heterocycles. The van der Waals surface area contributed by atoms with Crippen molar-refractivity contribution in [1.29, 1.82) is 0 Å². The van der Waals surface area contributed by atoms with Crippen LogP contribution in [0.25, 0.3) is 11.4 Å². The maximum Gasteiger partial charge on any atom is 0.413 e. The Balaban J connectivity index is 1.87. The number of imide groups is 1. The third-order valence-electron chi connectivity index (χ3n) is 4.01. The van der Waals surface area contributed by atoms with Gasteiger partial charge in [0, 0.05) is 12.1 Å². The molecule has 0 unspecified atom stereocenters. The summed E-state index contributed by atoms with van der Waals surface area (Å²) < 4.78 is 4.65. The van der Waals surface area contributed by atoms with Gasteiger partial charge >= 0.3 is 6.09 Å². The highest BCUT2D eigenvalue weighted by Gasteiger charge is 2.18. The van der Waals surface area contributed by atoms with Crippen LogP contribution in [-0.4, -0.2) is 63.4 Å². The van der Waals surface area contributed by atoms with Gasteiger partial charge in [0.25, 0.3) is 0 Å². The van der Waals surface area contributed by atoms with Crippen LogP contribution in [-0.2, 0) is 20.7 Å². The second-order valence-electron chi connectivity index (χ2n) is 5.98. The third-order valence-corrected chi connectivity index (χ3v) is 4.84. The summed E-state index contributed by atoms with van der Waals surface area (Å²) in [4.78, 5) is 41.2. The number of hydrogen-bond donors (Lipinski definition) is 2. The lowest BCUT2D eigenvalue weighted by atomic mass is 10.1. The predicted octanol–water partition coefficient (Wildman–Crippen LogP) is 2.25. The van der Waals surface area contributed by atoms with E-state index in [2.05, 4.69) is 32.2 Å². The number of likely N-dealkylation sites (N-methyl/N-ethyl adjacent to an activating group) is 1. The number of alkyl carbamates (subject to hydrolysis) is 1. The van der Waals surface area contributed by atoms with Crippen LogP contribution >= 0.6 is 11.8 Å². The fraction of sp³-hybridized carbons (Fsp3) is 0.421. The Bertz CT molecular complexity index is 837. The number of ether oxygens (including phenoxy) is 1. The van der Waals surface area contributed by atoms with E-state index < -0.39 is 12.0 Å². The monoisotopic (exact) mass is 419 g/mol. The van der Waals surface area contributed by atoms with E-state index in [0.29, 0.717) is 17.5 Å². The highest BCUT2D eigenvalue weighted by atomic mass is 32.2. The molecule has 0 saturated heterocycles. The Kier molecular flexibility index (Phi) is 8.66. The highest BCUT2D eigenvalue weighted by Crippen LogP contribution is 2.20. The minimum Gasteiger partial charge on any atom is -0.450 e. The van der Waals surface area contributed by atoms with Crippen LogP contribution in [0, 0.1) is 0 Å². The summed E-state index contributed by atoms with van der Waals surface area (Å²) in [7, 11) is 0. The maximum atomic E-state index is 12.4. The van der Waals surface area contributed by atoms with Gasteiger partial charge in [-0.05, 0) is 25.8 Å². The van der Waals surface area contributed by atoms with Gasteiger partial charge in [-0.2, -0.15) is 0 Å². The predicted molar refractivity (Wildman–Crippen MR) is 109 cm³/mol. The molecule has 0 saturated carbocycles. The zero-order chi connectivity index (χ0) is 21.2. The molecule has 2 rings (SSSR count). The number of H-pyrrole nitrogens is 1. The molecular formula is C19H25N5O4S. The summed E-state index contributed by atoms with van der Waals surface area (Å²) in [6.45, 7) is 5.75. The summed E-state index contributed by atoms with van der Waals surface area (Å²) in [5.74, 6) is -0.148. The number of aromatic amines is 1. The molecule has 0 aliphatic heterocycles. The Labute approximate surface area is 173 Å². The molecule has 10 heteroatoms. The molecular weight excluding hydrogens is 394 g/mol. The molecule has 9 nitrogen and oxygen atoms in total. The largest absolute Gasteiger partial charge is 0.450 e. The van der Waals surface area contributed by atoms with Crippen molar-refractivity contribution in [3.8, 4) is 11.4 Å². The first-order chi connectivity index (χ1) is 14.0. The van der Waals surface area contributed by atoms with E-state index in [1.807, 2.05) is 24.3 Å². The lowest BCUT2D eigenvalue weighted by Crippen LogP contribution is -2.43. The Morgan fingerprint density at radius 3 is 2.52 bits per heavy atom. The number of carbonyl (C=O) groups is 3. The van der Waals surface area contributed by atoms with Gasteiger partial charge in [0.1, 0.15) is 6.54 Å². The van der Waals surface area contributed by atoms with Gasteiger partial charge in [-0.15, -0.1) is 5.10 Å². The first kappa shape index (κ1) is 22.4. The SMILES string of the molecule is CCOC(=O)NC(=O)CN(CC)C(=O)CSc1n[nH]c(-c2ccc(CC)cc2)n1. The molecule has 1 heterocycles. The topological polar surface area (TPSA) is 117 Å². The van der Waals surface area contributed by atoms with Crippen molar-refractivity contribution in [2.75, 3.05) is 25.4 Å². The molecule has 3 amide bonds. The highest BCUT2D eigenvalue weighted by molar-refractivity contribution is 7.99. The summed E-state index contributed by atoms with van der Waals surface area (Å²) in [5.41, 5.74) is 2.15. The third kappa shape index (κ3) is 6.90. The van der Waals surface area contributed by atoms with Crippen molar-refractivity contribution in [2.45, 2.75) is 32.3 Å². The summed E-state index contributed by atoms with van der Waals surface area (Å²) in [6, 6.07) is 8.02. The molecule has 0 aliphatic rings. The number of thioether (sulfide) groups is 1. The molecule has 0 bridgehead atoms. The number of aryl methyl sites for hydroxylation is 1. The summed E-state index contributed by atoms with van der Waals surface area (Å²) in [5, 5.41) is 9.52. The molecule has 0 aliphatic carbocycles. The lowest BCUT2D eigenvalue weighted by Gasteiger charge is -2.19. The van der Waals surface area contributed by atoms with Crippen LogP contribution in [0.15, 0.2) is 29.4 Å². The van der Waals surface area contributed by atoms with Gasteiger partial charge in [0.15, 0.2) is 5.82 Å². The molecule has 1 aromatic carbocycles. The lowest BCUT2D eigenvalue weighted by molar-refractivity contribution is -0.133. The average molecular weight is 420 g/mol. The average Bonchev–Trinajstić information content (AvgIpc) is 3.19. The normalized spacial score (nSPS) is 10.4. The van der Waals surface area contributed by atoms with Crippen molar-refractivity contribution < 1.29 is 19.1 Å². The molecule has 156 valence electrons. The molecule has 0 spiro atoms. The number of carbonyl (C=O) groups excluding carboxylic acids is 3. The van der Waals surface area contributed by atoms with E-state index in [-0.39, 0.29) is 24.8 Å². The fourth-order valence-corrected chi connectivity index (χ4v) is 3.13. The minimum absolute atomic E-state index is 0.0760. The molecule has 2 N–H and O–H groups in total. The van der Waals surface area contributed by atoms with Crippen LogP contribution in [0.5, 0.6) is 0 Å². The zero-order valence-corrected chi connectivity index (χ0v) is 17.5. The smallest absolute Gasteiger partial charge is 0.413 e. The number of hydrogen-bond acceptors (Lipinski definition) is 7. The van der Waals surface area contributed by atoms with Gasteiger partial charge in [-0.3, -0.25) is 20.0 Å². The molecule has 0 atom stereocenters. The number of nitrogens with one attached hydrogen (secondary N) is 2. The summed E-state index contributed by atoms with van der Waals surface area (Å²) in [6.07, 6.45) is 0.140. The van der Waals surface area contributed by atoms with E-state index in [1.54, 1.807) is 13.8 Å². The van der Waals surface area contributed by atoms with Crippen LogP contribution in [0.4, 0.5) is 4.79 Å². The van der Waals surface area contributed by atoms with Gasteiger partial charge in [-0.1, -0.05) is 43.0 Å². The van der Waals surface area contributed by atoms with E-state index in [9.17, 15) is 14.4 Å². The van der Waals surface area contributed by atoms with Crippen molar-refractivity contribution in [3.63, 3.8) is 0 Å². The summed E-state index contributed by atoms with van der Waals surface area (Å²) >= 11 is 1.18. The molecule has 2 aromatic rings. The van der Waals surface area contributed by atoms with Crippen molar-refractivity contribution in [3.05, 3.63) is 29.8 Å². The Morgan fingerprint density at radius 1 is 1.17 bits per heavy atom. The maximum absolute atomic E-state index is 12.4. The van der Waals surface area contributed by atoms with Crippen LogP contribution < -0.4 is 5.32 Å². The number of aromatic nitrogens is 3. The zero-order valence-electron chi connectivity index (χ0n) is 16.7. The second-order valence-corrected chi connectivity index (χ2v) is 6.92. The fourth-order valence-electron chi connectivity index (χ4n) is 2.43. The van der Waals surface area contributed by atoms with E-state index >= 15 is 0 Å². The number of benzene rings is 1. The van der Waals surface area contributed by atoms with E-state index in [0.717, 1.165) is 12.0 Å². The molecule has 0 fully saturated rings. The number of rotatable bonds is 9. The molecule has 29 heavy (non-hydrogen) atoms. The minimum atomic E-state index is -0.824. The second kappa shape index (κ2) is 11.2. The van der Waals surface area contributed by atoms with Gasteiger partial charge < -0.3 is 9.64 Å². The quantitative estimate of drug-likeness (QED) is 0.599. The van der Waals surface area contributed by atoms with E-state index in [1.165, 1.54) is 22.2 Å². The van der Waals surface area contributed by atoms with Gasteiger partial charge in [0.2, 0.25) is 17.0 Å². The Hall–Kier alpha value is -2.88. The number of nitrogens with zero attached hydrogens (tertiary/aromatic N) is 3. The van der Waals surface area contributed by atoms with Crippen LogP contribution in [0.2, 0.25) is 0 Å². The molecule has 0 radical (unpaired) electrons. The van der Waals surface area contributed by atoms with Crippen molar-refractivity contribution >= 4 is 29.7 Å². The van der Waals surface area contributed by atoms with Gasteiger partial charge in [-0.25, -0.2) is 9.78 Å². The van der Waals surface area contributed by atoms with Crippen molar-refractivity contribution in [1.82, 2.24) is 25.4 Å². The van der Waals surface area contributed by atoms with Crippen molar-refractivity contribution in [2.24, 2.45) is 0 Å². The number of amides is 3.